The zero-order valence-corrected chi connectivity index (χ0v) is 12.9. The summed E-state index contributed by atoms with van der Waals surface area (Å²) in [5, 5.41) is 3.77. The number of aryl methyl sites for hydroxylation is 3. The lowest BCUT2D eigenvalue weighted by Crippen LogP contribution is -2.30. The van der Waals surface area contributed by atoms with Gasteiger partial charge in [-0.15, -0.1) is 0 Å². The maximum absolute atomic E-state index is 5.45. The molecule has 19 heavy (non-hydrogen) atoms. The molecule has 1 aliphatic rings. The van der Waals surface area contributed by atoms with E-state index in [4.69, 9.17) is 4.74 Å². The van der Waals surface area contributed by atoms with Gasteiger partial charge in [-0.25, -0.2) is 0 Å². The van der Waals surface area contributed by atoms with Crippen LogP contribution in [0.4, 0.5) is 0 Å². The monoisotopic (exact) mass is 261 g/mol. The minimum atomic E-state index is 0.417. The molecule has 0 radical (unpaired) electrons. The summed E-state index contributed by atoms with van der Waals surface area (Å²) in [6, 6.07) is 5.65. The van der Waals surface area contributed by atoms with Gasteiger partial charge in [-0.2, -0.15) is 0 Å². The molecule has 0 saturated heterocycles. The van der Waals surface area contributed by atoms with Gasteiger partial charge in [-0.3, -0.25) is 0 Å². The van der Waals surface area contributed by atoms with Crippen molar-refractivity contribution in [1.29, 1.82) is 0 Å². The molecule has 3 unspecified atom stereocenters. The van der Waals surface area contributed by atoms with E-state index in [1.807, 2.05) is 7.11 Å². The molecule has 0 spiro atoms. The van der Waals surface area contributed by atoms with E-state index in [0.29, 0.717) is 18.2 Å². The number of methoxy groups -OCH3 is 1. The number of hydrogen-bond acceptors (Lipinski definition) is 2. The van der Waals surface area contributed by atoms with Crippen molar-refractivity contribution in [2.45, 2.75) is 65.1 Å². The summed E-state index contributed by atoms with van der Waals surface area (Å²) in [7, 11) is 1.82. The Bertz CT molecular complexity index is 441. The van der Waals surface area contributed by atoms with Crippen LogP contribution in [0.5, 0.6) is 0 Å². The van der Waals surface area contributed by atoms with Crippen molar-refractivity contribution in [2.75, 3.05) is 7.11 Å². The third-order valence-electron chi connectivity index (χ3n) is 4.55. The quantitative estimate of drug-likeness (QED) is 0.889. The van der Waals surface area contributed by atoms with Gasteiger partial charge in [0.25, 0.3) is 0 Å². The van der Waals surface area contributed by atoms with Gasteiger partial charge in [0.15, 0.2) is 0 Å². The van der Waals surface area contributed by atoms with Crippen molar-refractivity contribution in [3.05, 3.63) is 34.4 Å². The standard InChI is InChI=1S/C17H27NO/c1-11-8-13(3)17(9-12(11)2)14(4)18-15-6-7-16(10-15)19-5/h8-9,14-16,18H,6-7,10H2,1-5H3. The SMILES string of the molecule is COC1CCC(NC(C)c2cc(C)c(C)cc2C)C1. The summed E-state index contributed by atoms with van der Waals surface area (Å²) in [5.41, 5.74) is 5.59. The van der Waals surface area contributed by atoms with E-state index in [2.05, 4.69) is 45.1 Å². The highest BCUT2D eigenvalue weighted by molar-refractivity contribution is 5.38. The first kappa shape index (κ1) is 14.5. The molecular weight excluding hydrogens is 234 g/mol. The Balaban J connectivity index is 2.04. The molecule has 106 valence electrons. The summed E-state index contributed by atoms with van der Waals surface area (Å²) in [4.78, 5) is 0. The first-order valence-electron chi connectivity index (χ1n) is 7.38. The number of benzene rings is 1. The van der Waals surface area contributed by atoms with E-state index < -0.39 is 0 Å². The van der Waals surface area contributed by atoms with Crippen LogP contribution in [0, 0.1) is 20.8 Å². The van der Waals surface area contributed by atoms with E-state index in [1.54, 1.807) is 0 Å². The smallest absolute Gasteiger partial charge is 0.0586 e. The van der Waals surface area contributed by atoms with Crippen LogP contribution in [0.25, 0.3) is 0 Å². The van der Waals surface area contributed by atoms with Crippen molar-refractivity contribution in [3.63, 3.8) is 0 Å². The highest BCUT2D eigenvalue weighted by Gasteiger charge is 2.25. The fourth-order valence-corrected chi connectivity index (χ4v) is 3.20. The Kier molecular flexibility index (Phi) is 4.64. The van der Waals surface area contributed by atoms with E-state index in [0.717, 1.165) is 6.42 Å². The molecule has 1 aromatic carbocycles. The third kappa shape index (κ3) is 3.37. The van der Waals surface area contributed by atoms with Gasteiger partial charge in [-0.05, 0) is 69.2 Å². The largest absolute Gasteiger partial charge is 0.381 e. The van der Waals surface area contributed by atoms with E-state index in [-0.39, 0.29) is 0 Å². The molecule has 0 bridgehead atoms. The second kappa shape index (κ2) is 6.06. The third-order valence-corrected chi connectivity index (χ3v) is 4.55. The van der Waals surface area contributed by atoms with Gasteiger partial charge >= 0.3 is 0 Å². The molecule has 1 aliphatic carbocycles. The first-order chi connectivity index (χ1) is 9.01. The normalized spacial score (nSPS) is 24.7. The minimum absolute atomic E-state index is 0.417. The van der Waals surface area contributed by atoms with Crippen LogP contribution in [0.3, 0.4) is 0 Å². The van der Waals surface area contributed by atoms with Gasteiger partial charge in [0.1, 0.15) is 0 Å². The molecule has 0 aliphatic heterocycles. The van der Waals surface area contributed by atoms with E-state index >= 15 is 0 Å². The Morgan fingerprint density at radius 1 is 1.11 bits per heavy atom. The van der Waals surface area contributed by atoms with E-state index in [9.17, 15) is 0 Å². The minimum Gasteiger partial charge on any atom is -0.381 e. The van der Waals surface area contributed by atoms with Crippen LogP contribution in [-0.2, 0) is 4.74 Å². The summed E-state index contributed by atoms with van der Waals surface area (Å²) in [6.07, 6.45) is 4.01. The molecular formula is C17H27NO. The number of ether oxygens (including phenoxy) is 1. The van der Waals surface area contributed by atoms with E-state index in [1.165, 1.54) is 35.1 Å². The van der Waals surface area contributed by atoms with Crippen LogP contribution in [0.15, 0.2) is 12.1 Å². The summed E-state index contributed by atoms with van der Waals surface area (Å²) >= 11 is 0. The second-order valence-electron chi connectivity index (χ2n) is 6.05. The van der Waals surface area contributed by atoms with Crippen LogP contribution in [0.1, 0.15) is 54.5 Å². The van der Waals surface area contributed by atoms with Gasteiger partial charge in [-0.1, -0.05) is 12.1 Å². The average Bonchev–Trinajstić information content (AvgIpc) is 2.81. The lowest BCUT2D eigenvalue weighted by Gasteiger charge is -2.22. The first-order valence-corrected chi connectivity index (χ1v) is 7.38. The molecule has 0 heterocycles. The molecule has 2 rings (SSSR count). The molecule has 1 fully saturated rings. The summed E-state index contributed by atoms with van der Waals surface area (Å²) in [5.74, 6) is 0. The predicted molar refractivity (Wildman–Crippen MR) is 80.6 cm³/mol. The van der Waals surface area contributed by atoms with Crippen LogP contribution >= 0.6 is 0 Å². The van der Waals surface area contributed by atoms with Crippen molar-refractivity contribution >= 4 is 0 Å². The number of rotatable bonds is 4. The lowest BCUT2D eigenvalue weighted by molar-refractivity contribution is 0.106. The second-order valence-corrected chi connectivity index (χ2v) is 6.05. The lowest BCUT2D eigenvalue weighted by atomic mass is 9.96. The molecule has 0 aromatic heterocycles. The highest BCUT2D eigenvalue weighted by Crippen LogP contribution is 2.26. The van der Waals surface area contributed by atoms with Crippen LogP contribution < -0.4 is 5.32 Å². The van der Waals surface area contributed by atoms with Gasteiger partial charge in [0.05, 0.1) is 6.10 Å². The Morgan fingerprint density at radius 3 is 2.42 bits per heavy atom. The summed E-state index contributed by atoms with van der Waals surface area (Å²) in [6.45, 7) is 8.87. The molecule has 3 atom stereocenters. The zero-order chi connectivity index (χ0) is 14.0. The number of hydrogen-bond donors (Lipinski definition) is 1. The maximum atomic E-state index is 5.45. The van der Waals surface area contributed by atoms with Gasteiger partial charge in [0, 0.05) is 19.2 Å². The average molecular weight is 261 g/mol. The molecule has 2 nitrogen and oxygen atoms in total. The fourth-order valence-electron chi connectivity index (χ4n) is 3.20. The van der Waals surface area contributed by atoms with Crippen LogP contribution in [-0.4, -0.2) is 19.3 Å². The molecule has 0 amide bonds. The highest BCUT2D eigenvalue weighted by atomic mass is 16.5. The molecule has 1 aromatic rings. The molecule has 1 saturated carbocycles. The van der Waals surface area contributed by atoms with Gasteiger partial charge in [0.2, 0.25) is 0 Å². The zero-order valence-electron chi connectivity index (χ0n) is 12.9. The summed E-state index contributed by atoms with van der Waals surface area (Å²) < 4.78 is 5.45. The Morgan fingerprint density at radius 2 is 1.79 bits per heavy atom. The molecule has 1 N–H and O–H groups in total. The van der Waals surface area contributed by atoms with Crippen molar-refractivity contribution in [1.82, 2.24) is 5.32 Å². The maximum Gasteiger partial charge on any atom is 0.0586 e. The Hall–Kier alpha value is -0.860. The van der Waals surface area contributed by atoms with Gasteiger partial charge < -0.3 is 10.1 Å². The van der Waals surface area contributed by atoms with Crippen molar-refractivity contribution in [2.24, 2.45) is 0 Å². The van der Waals surface area contributed by atoms with Crippen molar-refractivity contribution in [3.8, 4) is 0 Å². The predicted octanol–water partition coefficient (Wildman–Crippen LogP) is 3.83. The Labute approximate surface area is 117 Å². The number of nitrogens with one attached hydrogen (secondary N) is 1. The molecule has 2 heteroatoms. The van der Waals surface area contributed by atoms with Crippen molar-refractivity contribution < 1.29 is 4.74 Å². The fraction of sp³-hybridized carbons (Fsp3) is 0.647. The topological polar surface area (TPSA) is 21.3 Å². The van der Waals surface area contributed by atoms with Crippen LogP contribution in [0.2, 0.25) is 0 Å².